The van der Waals surface area contributed by atoms with Crippen LogP contribution in [0.3, 0.4) is 0 Å². The fourth-order valence-electron chi connectivity index (χ4n) is 2.02. The van der Waals surface area contributed by atoms with Crippen molar-refractivity contribution in [2.75, 3.05) is 39.0 Å². The van der Waals surface area contributed by atoms with Gasteiger partial charge < -0.3 is 10.6 Å². The molecule has 1 aliphatic heterocycles. The second-order valence-corrected chi connectivity index (χ2v) is 6.98. The van der Waals surface area contributed by atoms with Gasteiger partial charge in [-0.05, 0) is 25.2 Å². The number of nitrogens with zero attached hydrogens (tertiary/aromatic N) is 2. The van der Waals surface area contributed by atoms with E-state index < -0.39 is 10.0 Å². The summed E-state index contributed by atoms with van der Waals surface area (Å²) in [5, 5.41) is 6.40. The summed E-state index contributed by atoms with van der Waals surface area (Å²) in [6, 6.07) is 0. The van der Waals surface area contributed by atoms with Crippen molar-refractivity contribution in [3.63, 3.8) is 0 Å². The van der Waals surface area contributed by atoms with Crippen LogP contribution >= 0.6 is 24.0 Å². The molecule has 0 spiro atoms. The molecule has 1 saturated carbocycles. The first-order valence-electron chi connectivity index (χ1n) is 6.54. The molecule has 8 heteroatoms. The SMILES string of the molecule is CN=C(NCCN1CCCS1(=O)=O)NCC1CC1.I. The highest BCUT2D eigenvalue weighted by molar-refractivity contribution is 14.0. The van der Waals surface area contributed by atoms with Crippen LogP contribution in [0.5, 0.6) is 0 Å². The van der Waals surface area contributed by atoms with E-state index in [9.17, 15) is 8.42 Å². The normalized spacial score (nSPS) is 22.9. The van der Waals surface area contributed by atoms with Crippen molar-refractivity contribution in [2.45, 2.75) is 19.3 Å². The Morgan fingerprint density at radius 3 is 2.63 bits per heavy atom. The van der Waals surface area contributed by atoms with Crippen molar-refractivity contribution in [3.05, 3.63) is 0 Å². The maximum atomic E-state index is 11.6. The second kappa shape index (κ2) is 7.63. The Balaban J connectivity index is 0.00000180. The van der Waals surface area contributed by atoms with Gasteiger partial charge in [0, 0.05) is 33.2 Å². The molecule has 0 radical (unpaired) electrons. The van der Waals surface area contributed by atoms with E-state index in [0.29, 0.717) is 25.4 Å². The van der Waals surface area contributed by atoms with Gasteiger partial charge in [-0.25, -0.2) is 12.7 Å². The Bertz CT molecular complexity index is 409. The van der Waals surface area contributed by atoms with E-state index in [4.69, 9.17) is 0 Å². The maximum absolute atomic E-state index is 11.6. The molecule has 1 saturated heterocycles. The van der Waals surface area contributed by atoms with Gasteiger partial charge in [-0.15, -0.1) is 24.0 Å². The molecular formula is C11H23IN4O2S. The third kappa shape index (κ3) is 5.42. The molecule has 2 N–H and O–H groups in total. The number of hydrogen-bond donors (Lipinski definition) is 2. The number of halogens is 1. The van der Waals surface area contributed by atoms with Crippen LogP contribution in [0.15, 0.2) is 4.99 Å². The smallest absolute Gasteiger partial charge is 0.214 e. The Labute approximate surface area is 132 Å². The minimum atomic E-state index is -2.97. The lowest BCUT2D eigenvalue weighted by molar-refractivity contribution is 0.445. The third-order valence-corrected chi connectivity index (χ3v) is 5.29. The molecule has 0 atom stereocenters. The molecule has 0 aromatic carbocycles. The lowest BCUT2D eigenvalue weighted by Crippen LogP contribution is -2.42. The van der Waals surface area contributed by atoms with E-state index in [-0.39, 0.29) is 24.0 Å². The second-order valence-electron chi connectivity index (χ2n) is 4.89. The third-order valence-electron chi connectivity index (χ3n) is 3.34. The summed E-state index contributed by atoms with van der Waals surface area (Å²) in [4.78, 5) is 4.11. The van der Waals surface area contributed by atoms with Crippen molar-refractivity contribution in [3.8, 4) is 0 Å². The van der Waals surface area contributed by atoms with Crippen LogP contribution in [-0.2, 0) is 10.0 Å². The number of hydrogen-bond acceptors (Lipinski definition) is 3. The Kier molecular flexibility index (Phi) is 6.81. The zero-order chi connectivity index (χ0) is 13.0. The van der Waals surface area contributed by atoms with E-state index in [1.165, 1.54) is 12.8 Å². The quantitative estimate of drug-likeness (QED) is 0.392. The number of rotatable bonds is 5. The van der Waals surface area contributed by atoms with Gasteiger partial charge in [-0.2, -0.15) is 0 Å². The lowest BCUT2D eigenvalue weighted by atomic mass is 10.4. The highest BCUT2D eigenvalue weighted by Gasteiger charge is 2.27. The van der Waals surface area contributed by atoms with Gasteiger partial charge in [-0.1, -0.05) is 0 Å². The minimum absolute atomic E-state index is 0. The summed E-state index contributed by atoms with van der Waals surface area (Å²) < 4.78 is 24.7. The van der Waals surface area contributed by atoms with Crippen molar-refractivity contribution in [1.82, 2.24) is 14.9 Å². The highest BCUT2D eigenvalue weighted by atomic mass is 127. The van der Waals surface area contributed by atoms with Crippen LogP contribution < -0.4 is 10.6 Å². The first-order valence-corrected chi connectivity index (χ1v) is 8.15. The van der Waals surface area contributed by atoms with E-state index >= 15 is 0 Å². The highest BCUT2D eigenvalue weighted by Crippen LogP contribution is 2.27. The summed E-state index contributed by atoms with van der Waals surface area (Å²) in [6.07, 6.45) is 3.35. The van der Waals surface area contributed by atoms with Gasteiger partial charge in [-0.3, -0.25) is 4.99 Å². The largest absolute Gasteiger partial charge is 0.356 e. The molecule has 112 valence electrons. The van der Waals surface area contributed by atoms with Gasteiger partial charge in [0.2, 0.25) is 10.0 Å². The van der Waals surface area contributed by atoms with Crippen LogP contribution in [0, 0.1) is 5.92 Å². The monoisotopic (exact) mass is 402 g/mol. The Morgan fingerprint density at radius 1 is 1.37 bits per heavy atom. The van der Waals surface area contributed by atoms with Gasteiger partial charge >= 0.3 is 0 Å². The molecule has 2 rings (SSSR count). The first-order chi connectivity index (χ1) is 8.62. The van der Waals surface area contributed by atoms with Crippen LogP contribution in [0.25, 0.3) is 0 Å². The summed E-state index contributed by atoms with van der Waals surface area (Å²) in [6.45, 7) is 2.73. The predicted octanol–water partition coefficient (Wildman–Crippen LogP) is 0.215. The van der Waals surface area contributed by atoms with Crippen molar-refractivity contribution >= 4 is 40.0 Å². The predicted molar refractivity (Wildman–Crippen MR) is 87.5 cm³/mol. The van der Waals surface area contributed by atoms with E-state index in [0.717, 1.165) is 24.8 Å². The molecule has 6 nitrogen and oxygen atoms in total. The number of nitrogens with one attached hydrogen (secondary N) is 2. The average Bonchev–Trinajstić information content (AvgIpc) is 3.09. The van der Waals surface area contributed by atoms with Crippen LogP contribution in [-0.4, -0.2) is 57.7 Å². The standard InChI is InChI=1S/C11H22N4O2S.HI/c1-12-11(14-9-10-3-4-10)13-5-7-15-6-2-8-18(15,16)17;/h10H,2-9H2,1H3,(H2,12,13,14);1H. The minimum Gasteiger partial charge on any atom is -0.356 e. The molecule has 0 aromatic heterocycles. The van der Waals surface area contributed by atoms with Crippen molar-refractivity contribution in [2.24, 2.45) is 10.9 Å². The van der Waals surface area contributed by atoms with Crippen molar-refractivity contribution in [1.29, 1.82) is 0 Å². The van der Waals surface area contributed by atoms with E-state index in [1.54, 1.807) is 11.4 Å². The number of sulfonamides is 1. The topological polar surface area (TPSA) is 73.8 Å². The van der Waals surface area contributed by atoms with Gasteiger partial charge in [0.1, 0.15) is 0 Å². The summed E-state index contributed by atoms with van der Waals surface area (Å²) in [5.74, 6) is 1.85. The zero-order valence-corrected chi connectivity index (χ0v) is 14.4. The van der Waals surface area contributed by atoms with Crippen LogP contribution in [0.1, 0.15) is 19.3 Å². The van der Waals surface area contributed by atoms with E-state index in [1.807, 2.05) is 0 Å². The fraction of sp³-hybridized carbons (Fsp3) is 0.909. The summed E-state index contributed by atoms with van der Waals surface area (Å²) in [7, 11) is -1.24. The van der Waals surface area contributed by atoms with Gasteiger partial charge in [0.15, 0.2) is 5.96 Å². The molecular weight excluding hydrogens is 379 g/mol. The fourth-order valence-corrected chi connectivity index (χ4v) is 3.55. The summed E-state index contributed by atoms with van der Waals surface area (Å²) >= 11 is 0. The summed E-state index contributed by atoms with van der Waals surface area (Å²) in [5.41, 5.74) is 0. The van der Waals surface area contributed by atoms with Gasteiger partial charge in [0.25, 0.3) is 0 Å². The average molecular weight is 402 g/mol. The Morgan fingerprint density at radius 2 is 2.11 bits per heavy atom. The van der Waals surface area contributed by atoms with Crippen LogP contribution in [0.2, 0.25) is 0 Å². The first kappa shape index (κ1) is 17.0. The number of guanidine groups is 1. The molecule has 1 aliphatic carbocycles. The van der Waals surface area contributed by atoms with E-state index in [2.05, 4.69) is 15.6 Å². The molecule has 19 heavy (non-hydrogen) atoms. The molecule has 0 unspecified atom stereocenters. The Hall–Kier alpha value is -0.0900. The van der Waals surface area contributed by atoms with Gasteiger partial charge in [0.05, 0.1) is 5.75 Å². The lowest BCUT2D eigenvalue weighted by Gasteiger charge is -2.16. The molecule has 0 amide bonds. The molecule has 2 fully saturated rings. The maximum Gasteiger partial charge on any atom is 0.214 e. The van der Waals surface area contributed by atoms with Crippen molar-refractivity contribution < 1.29 is 8.42 Å². The molecule has 1 heterocycles. The zero-order valence-electron chi connectivity index (χ0n) is 11.3. The number of aliphatic imine (C=N–C) groups is 1. The molecule has 0 bridgehead atoms. The molecule has 2 aliphatic rings. The molecule has 0 aromatic rings. The van der Waals surface area contributed by atoms with Crippen LogP contribution in [0.4, 0.5) is 0 Å².